The van der Waals surface area contributed by atoms with Crippen molar-refractivity contribution in [3.63, 3.8) is 0 Å². The maximum atomic E-state index is 13.6. The van der Waals surface area contributed by atoms with Crippen LogP contribution in [0.3, 0.4) is 0 Å². The van der Waals surface area contributed by atoms with Crippen LogP contribution in [0.2, 0.25) is 0 Å². The molecule has 0 aromatic heterocycles. The van der Waals surface area contributed by atoms with E-state index in [9.17, 15) is 12.8 Å². The second kappa shape index (κ2) is 9.78. The maximum absolute atomic E-state index is 13.6. The number of benzene rings is 2. The normalized spacial score (nSPS) is 15.0. The van der Waals surface area contributed by atoms with E-state index in [0.717, 1.165) is 24.0 Å². The number of aliphatic imine (C=N–C) groups is 1. The molecule has 31 heavy (non-hydrogen) atoms. The van der Waals surface area contributed by atoms with E-state index in [0.29, 0.717) is 25.6 Å². The second-order valence-corrected chi connectivity index (χ2v) is 10.2. The van der Waals surface area contributed by atoms with E-state index >= 15 is 0 Å². The van der Waals surface area contributed by atoms with Gasteiger partial charge in [0, 0.05) is 24.5 Å². The molecular formula is C23H31FN4O2S. The zero-order valence-corrected chi connectivity index (χ0v) is 19.1. The fourth-order valence-electron chi connectivity index (χ4n) is 3.09. The Labute approximate surface area is 184 Å². The van der Waals surface area contributed by atoms with Gasteiger partial charge < -0.3 is 10.6 Å². The Balaban J connectivity index is 1.62. The molecule has 1 saturated carbocycles. The van der Waals surface area contributed by atoms with Gasteiger partial charge in [0.2, 0.25) is 10.0 Å². The molecule has 0 heterocycles. The third kappa shape index (κ3) is 6.77. The van der Waals surface area contributed by atoms with Gasteiger partial charge in [0.1, 0.15) is 5.82 Å². The zero-order chi connectivity index (χ0) is 22.5. The summed E-state index contributed by atoms with van der Waals surface area (Å²) in [6.45, 7) is 7.77. The van der Waals surface area contributed by atoms with E-state index in [-0.39, 0.29) is 22.2 Å². The standard InChI is InChI=1S/C23H31FN4O2S/c1-4-25-22(27-16-23(2,3)18-6-5-7-19(24)14-18)26-15-17-8-12-21(13-9-17)31(29,30)28-20-10-11-20/h5-9,12-14,20,28H,4,10-11,15-16H2,1-3H3,(H2,25,26,27). The van der Waals surface area contributed by atoms with Crippen LogP contribution in [-0.4, -0.2) is 33.5 Å². The second-order valence-electron chi connectivity index (χ2n) is 8.48. The number of nitrogens with zero attached hydrogens (tertiary/aromatic N) is 1. The highest BCUT2D eigenvalue weighted by molar-refractivity contribution is 7.89. The first-order chi connectivity index (χ1) is 14.7. The van der Waals surface area contributed by atoms with Crippen molar-refractivity contribution in [1.82, 2.24) is 15.4 Å². The lowest BCUT2D eigenvalue weighted by atomic mass is 9.84. The minimum absolute atomic E-state index is 0.0830. The number of hydrogen-bond donors (Lipinski definition) is 3. The topological polar surface area (TPSA) is 82.6 Å². The average Bonchev–Trinajstić information content (AvgIpc) is 3.54. The molecule has 1 aliphatic carbocycles. The van der Waals surface area contributed by atoms with E-state index in [2.05, 4.69) is 20.3 Å². The van der Waals surface area contributed by atoms with Gasteiger partial charge in [0.05, 0.1) is 11.4 Å². The highest BCUT2D eigenvalue weighted by Gasteiger charge is 2.27. The maximum Gasteiger partial charge on any atom is 0.240 e. The van der Waals surface area contributed by atoms with Gasteiger partial charge in [-0.15, -0.1) is 0 Å². The summed E-state index contributed by atoms with van der Waals surface area (Å²) in [6, 6.07) is 13.5. The van der Waals surface area contributed by atoms with Crippen molar-refractivity contribution in [3.05, 3.63) is 65.5 Å². The van der Waals surface area contributed by atoms with Gasteiger partial charge >= 0.3 is 0 Å². The van der Waals surface area contributed by atoms with Crippen molar-refractivity contribution in [2.75, 3.05) is 13.1 Å². The number of hydrogen-bond acceptors (Lipinski definition) is 3. The monoisotopic (exact) mass is 446 g/mol. The molecule has 1 aliphatic rings. The van der Waals surface area contributed by atoms with Crippen LogP contribution in [0.15, 0.2) is 58.4 Å². The molecular weight excluding hydrogens is 415 g/mol. The lowest BCUT2D eigenvalue weighted by Crippen LogP contribution is -2.43. The first kappa shape index (κ1) is 23.2. The van der Waals surface area contributed by atoms with Crippen LogP contribution >= 0.6 is 0 Å². The fourth-order valence-corrected chi connectivity index (χ4v) is 4.40. The smallest absolute Gasteiger partial charge is 0.240 e. The van der Waals surface area contributed by atoms with Crippen molar-refractivity contribution in [2.24, 2.45) is 4.99 Å². The number of rotatable bonds is 9. The lowest BCUT2D eigenvalue weighted by Gasteiger charge is -2.27. The summed E-state index contributed by atoms with van der Waals surface area (Å²) >= 11 is 0. The van der Waals surface area contributed by atoms with Crippen LogP contribution in [-0.2, 0) is 22.0 Å². The molecule has 0 radical (unpaired) electrons. The number of nitrogens with one attached hydrogen (secondary N) is 3. The van der Waals surface area contributed by atoms with Gasteiger partial charge in [-0.05, 0) is 55.2 Å². The minimum atomic E-state index is -3.45. The summed E-state index contributed by atoms with van der Waals surface area (Å²) in [5.74, 6) is 0.406. The SMILES string of the molecule is CCNC(=NCc1ccc(S(=O)(=O)NC2CC2)cc1)NCC(C)(C)c1cccc(F)c1. The van der Waals surface area contributed by atoms with Crippen LogP contribution < -0.4 is 15.4 Å². The molecule has 1 fully saturated rings. The summed E-state index contributed by atoms with van der Waals surface area (Å²) in [6.07, 6.45) is 1.81. The quantitative estimate of drug-likeness (QED) is 0.408. The highest BCUT2D eigenvalue weighted by atomic mass is 32.2. The molecule has 0 atom stereocenters. The Morgan fingerprint density at radius 2 is 1.84 bits per heavy atom. The molecule has 3 N–H and O–H groups in total. The molecule has 2 aromatic carbocycles. The van der Waals surface area contributed by atoms with Gasteiger partial charge in [-0.1, -0.05) is 38.1 Å². The van der Waals surface area contributed by atoms with Crippen molar-refractivity contribution in [3.8, 4) is 0 Å². The Morgan fingerprint density at radius 3 is 2.45 bits per heavy atom. The number of sulfonamides is 1. The predicted molar refractivity (Wildman–Crippen MR) is 122 cm³/mol. The molecule has 0 unspecified atom stereocenters. The van der Waals surface area contributed by atoms with Gasteiger partial charge in [-0.3, -0.25) is 0 Å². The summed E-state index contributed by atoms with van der Waals surface area (Å²) in [5, 5.41) is 6.54. The molecule has 0 bridgehead atoms. The zero-order valence-electron chi connectivity index (χ0n) is 18.3. The minimum Gasteiger partial charge on any atom is -0.357 e. The summed E-state index contributed by atoms with van der Waals surface area (Å²) < 4.78 is 40.8. The Bertz CT molecular complexity index is 1020. The lowest BCUT2D eigenvalue weighted by molar-refractivity contribution is 0.503. The van der Waals surface area contributed by atoms with Gasteiger partial charge in [0.25, 0.3) is 0 Å². The first-order valence-corrected chi connectivity index (χ1v) is 12.1. The summed E-state index contributed by atoms with van der Waals surface area (Å²) in [5.41, 5.74) is 1.53. The van der Waals surface area contributed by atoms with E-state index in [1.54, 1.807) is 36.4 Å². The molecule has 0 amide bonds. The van der Waals surface area contributed by atoms with Gasteiger partial charge in [-0.2, -0.15) is 0 Å². The first-order valence-electron chi connectivity index (χ1n) is 10.6. The van der Waals surface area contributed by atoms with E-state index in [1.165, 1.54) is 6.07 Å². The van der Waals surface area contributed by atoms with Crippen LogP contribution in [0.1, 0.15) is 44.7 Å². The van der Waals surface area contributed by atoms with Crippen LogP contribution in [0, 0.1) is 5.82 Å². The van der Waals surface area contributed by atoms with Crippen molar-refractivity contribution in [2.45, 2.75) is 56.5 Å². The van der Waals surface area contributed by atoms with Gasteiger partial charge in [-0.25, -0.2) is 22.5 Å². The van der Waals surface area contributed by atoms with Gasteiger partial charge in [0.15, 0.2) is 5.96 Å². The van der Waals surface area contributed by atoms with Crippen LogP contribution in [0.5, 0.6) is 0 Å². The predicted octanol–water partition coefficient (Wildman–Crippen LogP) is 3.30. The van der Waals surface area contributed by atoms with Crippen LogP contribution in [0.25, 0.3) is 0 Å². The third-order valence-corrected chi connectivity index (χ3v) is 6.74. The fraction of sp³-hybridized carbons (Fsp3) is 0.435. The van der Waals surface area contributed by atoms with Crippen molar-refractivity contribution >= 4 is 16.0 Å². The number of guanidine groups is 1. The molecule has 168 valence electrons. The van der Waals surface area contributed by atoms with Crippen LogP contribution in [0.4, 0.5) is 4.39 Å². The van der Waals surface area contributed by atoms with Crippen molar-refractivity contribution < 1.29 is 12.8 Å². The Kier molecular flexibility index (Phi) is 7.33. The molecule has 0 saturated heterocycles. The Morgan fingerprint density at radius 1 is 1.13 bits per heavy atom. The van der Waals surface area contributed by atoms with E-state index in [4.69, 9.17) is 0 Å². The van der Waals surface area contributed by atoms with E-state index < -0.39 is 10.0 Å². The molecule has 8 heteroatoms. The molecule has 6 nitrogen and oxygen atoms in total. The molecule has 2 aromatic rings. The highest BCUT2D eigenvalue weighted by Crippen LogP contribution is 2.23. The van der Waals surface area contributed by atoms with Crippen molar-refractivity contribution in [1.29, 1.82) is 0 Å². The largest absolute Gasteiger partial charge is 0.357 e. The molecule has 0 spiro atoms. The molecule has 0 aliphatic heterocycles. The number of halogens is 1. The molecule has 3 rings (SSSR count). The summed E-state index contributed by atoms with van der Waals surface area (Å²) in [4.78, 5) is 4.88. The Hall–Kier alpha value is -2.45. The summed E-state index contributed by atoms with van der Waals surface area (Å²) in [7, 11) is -3.45. The third-order valence-electron chi connectivity index (χ3n) is 5.20. The van der Waals surface area contributed by atoms with E-state index in [1.807, 2.05) is 26.8 Å². The average molecular weight is 447 g/mol.